The van der Waals surface area contributed by atoms with Crippen LogP contribution in [0.4, 0.5) is 13.2 Å². The summed E-state index contributed by atoms with van der Waals surface area (Å²) in [5, 5.41) is 0. The van der Waals surface area contributed by atoms with E-state index in [0.29, 0.717) is 0 Å². The van der Waals surface area contributed by atoms with Crippen LogP contribution < -0.4 is 0 Å². The van der Waals surface area contributed by atoms with Gasteiger partial charge in [-0.05, 0) is 0 Å². The first-order chi connectivity index (χ1) is 3.25. The summed E-state index contributed by atoms with van der Waals surface area (Å²) < 4.78 is 57.5. The average molecular weight is 149 g/mol. The zero-order valence-electron chi connectivity index (χ0n) is 3.31. The van der Waals surface area contributed by atoms with Gasteiger partial charge in [0.2, 0.25) is 0 Å². The fraction of sp³-hybridized carbons (Fsp3) is 1.00. The molecule has 0 saturated carbocycles. The maximum atomic E-state index is 10.7. The number of alkyl halides is 3. The Bertz CT molecular complexity index is 163. The molecular formula is CHF3O3S. The fourth-order valence-electron chi connectivity index (χ4n) is 0. The normalized spacial score (nSPS) is 14.0. The van der Waals surface area contributed by atoms with Gasteiger partial charge in [-0.2, -0.15) is 21.6 Å². The summed E-state index contributed by atoms with van der Waals surface area (Å²) in [7, 11) is -5.84. The minimum Gasteiger partial charge on any atom is -0.279 e. The molecule has 0 amide bonds. The molecule has 0 aliphatic carbocycles. The van der Waals surface area contributed by atoms with Gasteiger partial charge in [0.1, 0.15) is 0 Å². The monoisotopic (exact) mass is 149 g/mol. The van der Waals surface area contributed by atoms with Crippen LogP contribution >= 0.6 is 0 Å². The Hall–Kier alpha value is -0.300. The maximum absolute atomic E-state index is 10.7. The number of halogens is 3. The van der Waals surface area contributed by atoms with Crippen LogP contribution in [0.1, 0.15) is 0 Å². The van der Waals surface area contributed by atoms with Crippen molar-refractivity contribution in [1.82, 2.24) is 0 Å². The number of hydrogen-bond acceptors (Lipinski definition) is 2. The highest BCUT2D eigenvalue weighted by atomic mass is 32.2. The van der Waals surface area contributed by atoms with Gasteiger partial charge in [0, 0.05) is 0 Å². The smallest absolute Gasteiger partial charge is 0.279 e. The van der Waals surface area contributed by atoms with E-state index in [0.717, 1.165) is 0 Å². The summed E-state index contributed by atoms with van der Waals surface area (Å²) in [5.74, 6) is 0. The van der Waals surface area contributed by atoms with E-state index in [1.807, 2.05) is 0 Å². The molecule has 0 aromatic heterocycles. The summed E-state index contributed by atoms with van der Waals surface area (Å²) in [5.41, 5.74) is -5.53. The molecule has 3 nitrogen and oxygen atoms in total. The standard InChI is InChI=1S/CHF3O3S/c2-1(3,4)8(5,6)7/h(H,5,6,7)/i1-1. The van der Waals surface area contributed by atoms with Crippen molar-refractivity contribution < 1.29 is 26.1 Å². The Morgan fingerprint density at radius 2 is 1.38 bits per heavy atom. The lowest BCUT2D eigenvalue weighted by atomic mass is 10.6. The van der Waals surface area contributed by atoms with E-state index in [-0.39, 0.29) is 0 Å². The topological polar surface area (TPSA) is 54.4 Å². The van der Waals surface area contributed by atoms with Crippen molar-refractivity contribution in [3.63, 3.8) is 0 Å². The number of hydrogen-bond donors (Lipinski definition) is 1. The van der Waals surface area contributed by atoms with E-state index < -0.39 is 15.6 Å². The first kappa shape index (κ1) is 7.70. The quantitative estimate of drug-likeness (QED) is 0.400. The molecule has 0 radical (unpaired) electrons. The van der Waals surface area contributed by atoms with Crippen LogP contribution in [-0.4, -0.2) is 18.5 Å². The Labute approximate surface area is 42.9 Å². The molecule has 0 heterocycles. The third-order valence-electron chi connectivity index (χ3n) is 0.292. The first-order valence-electron chi connectivity index (χ1n) is 1.29. The molecule has 0 aliphatic rings. The highest BCUT2D eigenvalue weighted by Gasteiger charge is 2.44. The van der Waals surface area contributed by atoms with E-state index in [4.69, 9.17) is 13.0 Å². The lowest BCUT2D eigenvalue weighted by Gasteiger charge is -1.97. The van der Waals surface area contributed by atoms with Gasteiger partial charge in [-0.25, -0.2) is 0 Å². The summed E-state index contributed by atoms with van der Waals surface area (Å²) in [6.07, 6.45) is 0. The minimum atomic E-state index is -5.84. The van der Waals surface area contributed by atoms with Crippen LogP contribution in [0.5, 0.6) is 0 Å². The third-order valence-corrected chi connectivity index (χ3v) is 0.877. The molecule has 0 aromatic carbocycles. The number of rotatable bonds is 0. The van der Waals surface area contributed by atoms with Crippen LogP contribution in [0.15, 0.2) is 0 Å². The molecule has 0 saturated heterocycles. The third kappa shape index (κ3) is 1.66. The molecule has 0 fully saturated rings. The average Bonchev–Trinajstić information content (AvgIpc) is 1.25. The lowest BCUT2D eigenvalue weighted by molar-refractivity contribution is -0.0510. The largest absolute Gasteiger partial charge is 0.522 e. The zero-order valence-corrected chi connectivity index (χ0v) is 4.12. The van der Waals surface area contributed by atoms with Crippen molar-refractivity contribution in [3.05, 3.63) is 0 Å². The van der Waals surface area contributed by atoms with Crippen molar-refractivity contribution in [2.45, 2.75) is 5.51 Å². The van der Waals surface area contributed by atoms with Crippen molar-refractivity contribution >= 4 is 10.1 Å². The molecule has 8 heavy (non-hydrogen) atoms. The van der Waals surface area contributed by atoms with Crippen LogP contribution in [-0.2, 0) is 10.1 Å². The fourth-order valence-corrected chi connectivity index (χ4v) is 0. The molecule has 0 aliphatic heterocycles. The summed E-state index contributed by atoms with van der Waals surface area (Å²) >= 11 is 0. The molecule has 0 spiro atoms. The van der Waals surface area contributed by atoms with Crippen molar-refractivity contribution in [2.24, 2.45) is 0 Å². The van der Waals surface area contributed by atoms with Gasteiger partial charge >= 0.3 is 15.6 Å². The van der Waals surface area contributed by atoms with E-state index in [1.165, 1.54) is 0 Å². The molecule has 0 unspecified atom stereocenters. The van der Waals surface area contributed by atoms with Crippen molar-refractivity contribution in [3.8, 4) is 0 Å². The maximum Gasteiger partial charge on any atom is 0.522 e. The molecule has 1 N–H and O–H groups in total. The Kier molecular flexibility index (Phi) is 1.53. The van der Waals surface area contributed by atoms with E-state index in [2.05, 4.69) is 0 Å². The molecular weight excluding hydrogens is 148 g/mol. The zero-order chi connectivity index (χ0) is 7.00. The summed E-state index contributed by atoms with van der Waals surface area (Å²) in [6.45, 7) is 0. The van der Waals surface area contributed by atoms with Crippen molar-refractivity contribution in [2.75, 3.05) is 0 Å². The molecule has 7 heteroatoms. The van der Waals surface area contributed by atoms with Crippen LogP contribution in [0.2, 0.25) is 0 Å². The Balaban J connectivity index is 4.53. The molecule has 0 aromatic rings. The van der Waals surface area contributed by atoms with Gasteiger partial charge in [-0.15, -0.1) is 0 Å². The van der Waals surface area contributed by atoms with Gasteiger partial charge in [-0.3, -0.25) is 4.55 Å². The highest BCUT2D eigenvalue weighted by Crippen LogP contribution is 2.20. The van der Waals surface area contributed by atoms with Crippen molar-refractivity contribution in [1.29, 1.82) is 0 Å². The van der Waals surface area contributed by atoms with Gasteiger partial charge < -0.3 is 0 Å². The Morgan fingerprint density at radius 1 is 1.25 bits per heavy atom. The second kappa shape index (κ2) is 1.59. The highest BCUT2D eigenvalue weighted by molar-refractivity contribution is 7.86. The lowest BCUT2D eigenvalue weighted by Crippen LogP contribution is -2.21. The predicted molar refractivity (Wildman–Crippen MR) is 17.6 cm³/mol. The second-order valence-electron chi connectivity index (χ2n) is 0.921. The van der Waals surface area contributed by atoms with E-state index in [9.17, 15) is 13.2 Å². The first-order valence-corrected chi connectivity index (χ1v) is 2.73. The van der Waals surface area contributed by atoms with Crippen LogP contribution in [0.3, 0.4) is 0 Å². The molecule has 50 valence electrons. The molecule has 0 rings (SSSR count). The van der Waals surface area contributed by atoms with Gasteiger partial charge in [0.15, 0.2) is 0 Å². The Morgan fingerprint density at radius 3 is 1.38 bits per heavy atom. The van der Waals surface area contributed by atoms with Gasteiger partial charge in [0.05, 0.1) is 0 Å². The minimum absolute atomic E-state index is 5.53. The summed E-state index contributed by atoms with van der Waals surface area (Å²) in [4.78, 5) is 0. The summed E-state index contributed by atoms with van der Waals surface area (Å²) in [6, 6.07) is 0. The van der Waals surface area contributed by atoms with Crippen LogP contribution in [0.25, 0.3) is 0 Å². The van der Waals surface area contributed by atoms with Crippen LogP contribution in [0, 0.1) is 0 Å². The van der Waals surface area contributed by atoms with E-state index in [1.54, 1.807) is 0 Å². The molecule has 0 bridgehead atoms. The molecule has 0 atom stereocenters. The second-order valence-corrected chi connectivity index (χ2v) is 2.33. The predicted octanol–water partition coefficient (Wildman–Crippen LogP) is 0.394. The van der Waals surface area contributed by atoms with E-state index >= 15 is 0 Å². The van der Waals surface area contributed by atoms with Gasteiger partial charge in [-0.1, -0.05) is 0 Å². The SMILES string of the molecule is O=S(=O)(O)[11C](F)(F)F. The van der Waals surface area contributed by atoms with Gasteiger partial charge in [0.25, 0.3) is 0 Å².